The quantitative estimate of drug-likeness (QED) is 0.845. The molecule has 1 fully saturated rings. The van der Waals surface area contributed by atoms with Crippen LogP contribution in [-0.4, -0.2) is 47.7 Å². The van der Waals surface area contributed by atoms with Gasteiger partial charge in [0.25, 0.3) is 0 Å². The van der Waals surface area contributed by atoms with Crippen LogP contribution < -0.4 is 0 Å². The van der Waals surface area contributed by atoms with Crippen LogP contribution in [0, 0.1) is 6.92 Å². The number of benzene rings is 1. The molecule has 0 spiro atoms. The van der Waals surface area contributed by atoms with Crippen LogP contribution >= 0.6 is 0 Å². The number of methoxy groups -OCH3 is 1. The minimum Gasteiger partial charge on any atom is -0.465 e. The zero-order chi connectivity index (χ0) is 18.4. The maximum absolute atomic E-state index is 12.0. The van der Waals surface area contributed by atoms with Gasteiger partial charge < -0.3 is 19.4 Å². The van der Waals surface area contributed by atoms with E-state index < -0.39 is 5.60 Å². The zero-order valence-corrected chi connectivity index (χ0v) is 15.3. The Morgan fingerprint density at radius 2 is 1.88 bits per heavy atom. The SMILES string of the molecule is COC(=O)c1cc2[nH]c(C3CN(C(=O)OC(C)(C)C)C3)cc2cc1C. The number of esters is 1. The maximum Gasteiger partial charge on any atom is 0.410 e. The lowest BCUT2D eigenvalue weighted by atomic mass is 9.97. The highest BCUT2D eigenvalue weighted by Crippen LogP contribution is 2.31. The van der Waals surface area contributed by atoms with Crippen LogP contribution in [0.15, 0.2) is 18.2 Å². The fourth-order valence-corrected chi connectivity index (χ4v) is 3.02. The molecule has 2 aromatic rings. The fourth-order valence-electron chi connectivity index (χ4n) is 3.02. The number of aryl methyl sites for hydroxylation is 1. The lowest BCUT2D eigenvalue weighted by Gasteiger charge is -2.39. The van der Waals surface area contributed by atoms with Crippen LogP contribution in [0.2, 0.25) is 0 Å². The number of hydrogen-bond donors (Lipinski definition) is 1. The predicted molar refractivity (Wildman–Crippen MR) is 94.9 cm³/mol. The Kier molecular flexibility index (Phi) is 4.22. The number of fused-ring (bicyclic) bond motifs is 1. The number of nitrogens with zero attached hydrogens (tertiary/aromatic N) is 1. The van der Waals surface area contributed by atoms with Gasteiger partial charge in [0.1, 0.15) is 5.60 Å². The monoisotopic (exact) mass is 344 g/mol. The number of likely N-dealkylation sites (tertiary alicyclic amines) is 1. The molecule has 1 aromatic heterocycles. The molecule has 6 heteroatoms. The Hall–Kier alpha value is -2.50. The summed E-state index contributed by atoms with van der Waals surface area (Å²) in [5.41, 5.74) is 2.93. The van der Waals surface area contributed by atoms with Gasteiger partial charge in [0.15, 0.2) is 0 Å². The Labute approximate surface area is 147 Å². The second-order valence-electron chi connectivity index (χ2n) is 7.55. The number of rotatable bonds is 2. The van der Waals surface area contributed by atoms with E-state index in [2.05, 4.69) is 11.1 Å². The molecule has 0 radical (unpaired) electrons. The molecule has 1 aliphatic rings. The highest BCUT2D eigenvalue weighted by molar-refractivity contribution is 5.96. The second kappa shape index (κ2) is 6.10. The standard InChI is InChI=1S/C19H24N2O4/c1-11-6-12-7-15(20-16(12)8-14(11)17(22)24-5)13-9-21(10-13)18(23)25-19(2,3)4/h6-8,13,20H,9-10H2,1-5H3. The van der Waals surface area contributed by atoms with E-state index in [1.54, 1.807) is 4.90 Å². The topological polar surface area (TPSA) is 71.6 Å². The van der Waals surface area contributed by atoms with Gasteiger partial charge in [-0.1, -0.05) is 0 Å². The molecule has 0 unspecified atom stereocenters. The third kappa shape index (κ3) is 3.48. The van der Waals surface area contributed by atoms with Crippen LogP contribution in [0.5, 0.6) is 0 Å². The minimum absolute atomic E-state index is 0.252. The van der Waals surface area contributed by atoms with Gasteiger partial charge in [-0.25, -0.2) is 9.59 Å². The second-order valence-corrected chi connectivity index (χ2v) is 7.55. The van der Waals surface area contributed by atoms with Gasteiger partial charge in [-0.3, -0.25) is 0 Å². The van der Waals surface area contributed by atoms with Gasteiger partial charge in [-0.05, 0) is 56.8 Å². The Morgan fingerprint density at radius 3 is 2.48 bits per heavy atom. The summed E-state index contributed by atoms with van der Waals surface area (Å²) >= 11 is 0. The van der Waals surface area contributed by atoms with Crippen LogP contribution in [0.3, 0.4) is 0 Å². The highest BCUT2D eigenvalue weighted by Gasteiger charge is 2.35. The molecule has 2 heterocycles. The predicted octanol–water partition coefficient (Wildman–Crippen LogP) is 3.60. The van der Waals surface area contributed by atoms with Crippen molar-refractivity contribution in [3.05, 3.63) is 35.0 Å². The molecular weight excluding hydrogens is 320 g/mol. The van der Waals surface area contributed by atoms with Crippen molar-refractivity contribution in [2.24, 2.45) is 0 Å². The summed E-state index contributed by atoms with van der Waals surface area (Å²) in [6, 6.07) is 5.89. The van der Waals surface area contributed by atoms with Gasteiger partial charge in [0, 0.05) is 30.2 Å². The Bertz CT molecular complexity index is 826. The molecule has 0 saturated carbocycles. The Balaban J connectivity index is 1.74. The fraction of sp³-hybridized carbons (Fsp3) is 0.474. The van der Waals surface area contributed by atoms with Crippen molar-refractivity contribution in [3.8, 4) is 0 Å². The van der Waals surface area contributed by atoms with Crippen LogP contribution in [-0.2, 0) is 9.47 Å². The number of nitrogens with one attached hydrogen (secondary N) is 1. The zero-order valence-electron chi connectivity index (χ0n) is 15.3. The number of H-pyrrole nitrogens is 1. The van der Waals surface area contributed by atoms with Crippen LogP contribution in [0.4, 0.5) is 4.79 Å². The first-order chi connectivity index (χ1) is 11.7. The molecule has 3 rings (SSSR count). The van der Waals surface area contributed by atoms with Gasteiger partial charge >= 0.3 is 12.1 Å². The summed E-state index contributed by atoms with van der Waals surface area (Å²) in [4.78, 5) is 28.9. The summed E-state index contributed by atoms with van der Waals surface area (Å²) in [6.45, 7) is 8.74. The minimum atomic E-state index is -0.481. The van der Waals surface area contributed by atoms with Gasteiger partial charge in [0.2, 0.25) is 0 Å². The molecule has 25 heavy (non-hydrogen) atoms. The third-order valence-corrected chi connectivity index (χ3v) is 4.36. The van der Waals surface area contributed by atoms with Crippen molar-refractivity contribution in [1.82, 2.24) is 9.88 Å². The molecule has 0 aliphatic carbocycles. The third-order valence-electron chi connectivity index (χ3n) is 4.36. The first-order valence-corrected chi connectivity index (χ1v) is 8.37. The van der Waals surface area contributed by atoms with E-state index in [1.165, 1.54) is 7.11 Å². The van der Waals surface area contributed by atoms with Gasteiger partial charge in [-0.2, -0.15) is 0 Å². The van der Waals surface area contributed by atoms with Crippen LogP contribution in [0.1, 0.15) is 48.3 Å². The summed E-state index contributed by atoms with van der Waals surface area (Å²) in [6.07, 6.45) is -0.274. The number of aromatic nitrogens is 1. The lowest BCUT2D eigenvalue weighted by Crippen LogP contribution is -2.50. The van der Waals surface area contributed by atoms with Crippen molar-refractivity contribution in [2.75, 3.05) is 20.2 Å². The average molecular weight is 344 g/mol. The smallest absolute Gasteiger partial charge is 0.410 e. The van der Waals surface area contributed by atoms with E-state index in [9.17, 15) is 9.59 Å². The summed E-state index contributed by atoms with van der Waals surface area (Å²) in [5, 5.41) is 1.05. The molecule has 134 valence electrons. The summed E-state index contributed by atoms with van der Waals surface area (Å²) in [7, 11) is 1.38. The normalized spacial score (nSPS) is 15.2. The van der Waals surface area contributed by atoms with E-state index >= 15 is 0 Å². The van der Waals surface area contributed by atoms with Crippen LogP contribution in [0.25, 0.3) is 10.9 Å². The van der Waals surface area contributed by atoms with Crippen molar-refractivity contribution in [3.63, 3.8) is 0 Å². The molecule has 1 aliphatic heterocycles. The summed E-state index contributed by atoms with van der Waals surface area (Å²) in [5.74, 6) is -0.0860. The number of amides is 1. The van der Waals surface area contributed by atoms with Gasteiger partial charge in [0.05, 0.1) is 12.7 Å². The molecule has 1 amide bonds. The first-order valence-electron chi connectivity index (χ1n) is 8.37. The van der Waals surface area contributed by atoms with E-state index in [-0.39, 0.29) is 18.0 Å². The van der Waals surface area contributed by atoms with E-state index in [0.29, 0.717) is 18.7 Å². The number of carbonyl (C=O) groups is 2. The van der Waals surface area contributed by atoms with E-state index in [0.717, 1.165) is 22.2 Å². The van der Waals surface area contributed by atoms with Gasteiger partial charge in [-0.15, -0.1) is 0 Å². The molecule has 1 aromatic carbocycles. The number of ether oxygens (including phenoxy) is 2. The molecular formula is C19H24N2O4. The average Bonchev–Trinajstić information content (AvgIpc) is 2.84. The van der Waals surface area contributed by atoms with Crippen molar-refractivity contribution in [1.29, 1.82) is 0 Å². The molecule has 1 saturated heterocycles. The molecule has 6 nitrogen and oxygen atoms in total. The largest absolute Gasteiger partial charge is 0.465 e. The van der Waals surface area contributed by atoms with Crippen molar-refractivity contribution in [2.45, 2.75) is 39.2 Å². The highest BCUT2D eigenvalue weighted by atomic mass is 16.6. The number of carbonyl (C=O) groups excluding carboxylic acids is 2. The number of aromatic amines is 1. The van der Waals surface area contributed by atoms with Crippen molar-refractivity contribution >= 4 is 23.0 Å². The van der Waals surface area contributed by atoms with E-state index in [1.807, 2.05) is 39.8 Å². The summed E-state index contributed by atoms with van der Waals surface area (Å²) < 4.78 is 10.2. The van der Waals surface area contributed by atoms with E-state index in [4.69, 9.17) is 9.47 Å². The Morgan fingerprint density at radius 1 is 1.20 bits per heavy atom. The maximum atomic E-state index is 12.0. The molecule has 1 N–H and O–H groups in total. The molecule has 0 atom stereocenters. The number of hydrogen-bond acceptors (Lipinski definition) is 4. The van der Waals surface area contributed by atoms with Crippen molar-refractivity contribution < 1.29 is 19.1 Å². The lowest BCUT2D eigenvalue weighted by molar-refractivity contribution is 0.00792. The first kappa shape index (κ1) is 17.3. The molecule has 0 bridgehead atoms.